The summed E-state index contributed by atoms with van der Waals surface area (Å²) in [4.78, 5) is 16.0. The van der Waals surface area contributed by atoms with Crippen molar-refractivity contribution in [1.29, 1.82) is 0 Å². The molecule has 0 amide bonds. The number of anilines is 2. The van der Waals surface area contributed by atoms with E-state index < -0.39 is 0 Å². The van der Waals surface area contributed by atoms with Gasteiger partial charge in [-0.15, -0.1) is 0 Å². The molecule has 8 heteroatoms. The van der Waals surface area contributed by atoms with E-state index in [2.05, 4.69) is 55.6 Å². The molecule has 3 aromatic heterocycles. The number of fused-ring (bicyclic) bond motifs is 1. The van der Waals surface area contributed by atoms with Gasteiger partial charge in [0.05, 0.1) is 29.8 Å². The van der Waals surface area contributed by atoms with E-state index >= 15 is 0 Å². The van der Waals surface area contributed by atoms with Crippen LogP contribution in [0.15, 0.2) is 53.8 Å². The summed E-state index contributed by atoms with van der Waals surface area (Å²) < 4.78 is 1.94. The van der Waals surface area contributed by atoms with Crippen LogP contribution < -0.4 is 5.32 Å². The van der Waals surface area contributed by atoms with Crippen LogP contribution in [0.1, 0.15) is 17.0 Å². The average molecular weight is 398 g/mol. The zero-order chi connectivity index (χ0) is 20.7. The second-order valence-electron chi connectivity index (χ2n) is 7.44. The summed E-state index contributed by atoms with van der Waals surface area (Å²) in [5, 5.41) is 10.5. The SMILES string of the molecule is Cc1cn2c(Nc3cc(C)[nH]n3)nc(-c3cccc(C4=CN=CCN4C)c3)cc2n1. The summed E-state index contributed by atoms with van der Waals surface area (Å²) in [5.74, 6) is 1.38. The molecule has 4 heterocycles. The second kappa shape index (κ2) is 7.14. The molecule has 0 saturated heterocycles. The molecule has 8 nitrogen and oxygen atoms in total. The lowest BCUT2D eigenvalue weighted by Gasteiger charge is -2.23. The number of hydrogen-bond acceptors (Lipinski definition) is 6. The highest BCUT2D eigenvalue weighted by Gasteiger charge is 2.14. The Kier molecular flexibility index (Phi) is 4.31. The molecule has 2 N–H and O–H groups in total. The van der Waals surface area contributed by atoms with Crippen molar-refractivity contribution in [3.63, 3.8) is 0 Å². The summed E-state index contributed by atoms with van der Waals surface area (Å²) in [5.41, 5.74) is 6.78. The first-order valence-corrected chi connectivity index (χ1v) is 9.76. The lowest BCUT2D eigenvalue weighted by molar-refractivity contribution is 0.549. The van der Waals surface area contributed by atoms with E-state index in [9.17, 15) is 0 Å². The van der Waals surface area contributed by atoms with Gasteiger partial charge >= 0.3 is 0 Å². The van der Waals surface area contributed by atoms with Gasteiger partial charge in [-0.3, -0.25) is 14.5 Å². The normalized spacial score (nSPS) is 13.7. The summed E-state index contributed by atoms with van der Waals surface area (Å²) >= 11 is 0. The predicted molar refractivity (Wildman–Crippen MR) is 119 cm³/mol. The summed E-state index contributed by atoms with van der Waals surface area (Å²) in [6.07, 6.45) is 5.76. The molecule has 150 valence electrons. The number of benzene rings is 1. The number of aromatic amines is 1. The monoisotopic (exact) mass is 398 g/mol. The van der Waals surface area contributed by atoms with Crippen LogP contribution in [0.5, 0.6) is 0 Å². The second-order valence-corrected chi connectivity index (χ2v) is 7.44. The quantitative estimate of drug-likeness (QED) is 0.546. The fourth-order valence-corrected chi connectivity index (χ4v) is 3.57. The zero-order valence-electron chi connectivity index (χ0n) is 17.1. The van der Waals surface area contributed by atoms with Gasteiger partial charge in [0, 0.05) is 48.4 Å². The zero-order valence-corrected chi connectivity index (χ0v) is 17.1. The van der Waals surface area contributed by atoms with Crippen molar-refractivity contribution < 1.29 is 0 Å². The molecule has 0 spiro atoms. The largest absolute Gasteiger partial charge is 0.368 e. The number of nitrogens with one attached hydrogen (secondary N) is 2. The Labute approximate surface area is 174 Å². The summed E-state index contributed by atoms with van der Waals surface area (Å²) in [6, 6.07) is 12.3. The number of rotatable bonds is 4. The van der Waals surface area contributed by atoms with Crippen molar-refractivity contribution in [1.82, 2.24) is 29.5 Å². The highest BCUT2D eigenvalue weighted by atomic mass is 15.3. The number of aryl methyl sites for hydroxylation is 2. The molecule has 1 aliphatic heterocycles. The number of aliphatic imine (C=N–C) groups is 1. The number of imidazole rings is 1. The Bertz CT molecular complexity index is 1290. The van der Waals surface area contributed by atoms with Crippen LogP contribution in [-0.4, -0.2) is 49.3 Å². The third kappa shape index (κ3) is 3.32. The molecule has 0 bridgehead atoms. The van der Waals surface area contributed by atoms with Gasteiger partial charge in [0.25, 0.3) is 0 Å². The summed E-state index contributed by atoms with van der Waals surface area (Å²) in [7, 11) is 2.06. The van der Waals surface area contributed by atoms with Crippen LogP contribution in [0, 0.1) is 13.8 Å². The predicted octanol–water partition coefficient (Wildman–Crippen LogP) is 3.79. The van der Waals surface area contributed by atoms with Crippen LogP contribution >= 0.6 is 0 Å². The molecule has 0 radical (unpaired) electrons. The van der Waals surface area contributed by atoms with E-state index in [0.717, 1.165) is 46.1 Å². The topological polar surface area (TPSA) is 86.5 Å². The molecule has 4 aromatic rings. The Morgan fingerprint density at radius 2 is 1.93 bits per heavy atom. The minimum atomic E-state index is 0.665. The van der Waals surface area contributed by atoms with E-state index in [-0.39, 0.29) is 0 Å². The maximum Gasteiger partial charge on any atom is 0.215 e. The van der Waals surface area contributed by atoms with Gasteiger partial charge in [-0.25, -0.2) is 9.97 Å². The molecule has 1 aromatic carbocycles. The third-order valence-electron chi connectivity index (χ3n) is 5.04. The first kappa shape index (κ1) is 18.1. The Hall–Kier alpha value is -3.94. The van der Waals surface area contributed by atoms with E-state index in [1.54, 1.807) is 0 Å². The van der Waals surface area contributed by atoms with E-state index in [1.807, 2.05) is 55.1 Å². The number of nitrogens with zero attached hydrogens (tertiary/aromatic N) is 6. The van der Waals surface area contributed by atoms with Gasteiger partial charge in [-0.05, 0) is 19.9 Å². The third-order valence-corrected chi connectivity index (χ3v) is 5.04. The molecular weight excluding hydrogens is 376 g/mol. The molecule has 5 rings (SSSR count). The van der Waals surface area contributed by atoms with Crippen molar-refractivity contribution in [2.24, 2.45) is 4.99 Å². The first-order valence-electron chi connectivity index (χ1n) is 9.76. The van der Waals surface area contributed by atoms with Crippen LogP contribution in [0.2, 0.25) is 0 Å². The Balaban J connectivity index is 1.60. The van der Waals surface area contributed by atoms with Crippen LogP contribution in [-0.2, 0) is 0 Å². The van der Waals surface area contributed by atoms with Crippen LogP contribution in [0.3, 0.4) is 0 Å². The Morgan fingerprint density at radius 1 is 1.07 bits per heavy atom. The number of hydrogen-bond donors (Lipinski definition) is 2. The Morgan fingerprint density at radius 3 is 2.73 bits per heavy atom. The molecule has 30 heavy (non-hydrogen) atoms. The minimum Gasteiger partial charge on any atom is -0.368 e. The molecule has 0 saturated carbocycles. The standard InChI is InChI=1S/C22H22N8/c1-14-9-20(28-27-14)26-22-25-18(11-21-24-15(2)13-30(21)22)16-5-4-6-17(10-16)19-12-23-7-8-29(19)3/h4-7,9-13H,8H2,1-3H3,(H2,25,26,27,28). The molecule has 0 fully saturated rings. The van der Waals surface area contributed by atoms with Crippen LogP contribution in [0.4, 0.5) is 11.8 Å². The van der Waals surface area contributed by atoms with E-state index in [0.29, 0.717) is 11.8 Å². The van der Waals surface area contributed by atoms with Crippen molar-refractivity contribution in [3.8, 4) is 11.3 Å². The van der Waals surface area contributed by atoms with Crippen molar-refractivity contribution in [2.45, 2.75) is 13.8 Å². The first-order chi connectivity index (χ1) is 14.6. The fourth-order valence-electron chi connectivity index (χ4n) is 3.57. The maximum atomic E-state index is 4.89. The average Bonchev–Trinajstić information content (AvgIpc) is 3.33. The van der Waals surface area contributed by atoms with Gasteiger partial charge in [0.2, 0.25) is 5.95 Å². The molecule has 1 aliphatic rings. The molecule has 0 aliphatic carbocycles. The van der Waals surface area contributed by atoms with Crippen molar-refractivity contribution in [3.05, 3.63) is 65.7 Å². The van der Waals surface area contributed by atoms with Gasteiger partial charge < -0.3 is 10.2 Å². The van der Waals surface area contributed by atoms with Crippen LogP contribution in [0.25, 0.3) is 22.6 Å². The lowest BCUT2D eigenvalue weighted by Crippen LogP contribution is -2.21. The van der Waals surface area contributed by atoms with Gasteiger partial charge in [-0.1, -0.05) is 18.2 Å². The van der Waals surface area contributed by atoms with Crippen molar-refractivity contribution in [2.75, 3.05) is 18.9 Å². The molecular formula is C22H22N8. The molecule has 0 atom stereocenters. The van der Waals surface area contributed by atoms with E-state index in [4.69, 9.17) is 4.98 Å². The van der Waals surface area contributed by atoms with E-state index in [1.165, 1.54) is 0 Å². The van der Waals surface area contributed by atoms with Gasteiger partial charge in [-0.2, -0.15) is 5.10 Å². The highest BCUT2D eigenvalue weighted by molar-refractivity contribution is 5.77. The van der Waals surface area contributed by atoms with Gasteiger partial charge in [0.1, 0.15) is 5.65 Å². The maximum absolute atomic E-state index is 4.89. The highest BCUT2D eigenvalue weighted by Crippen LogP contribution is 2.28. The smallest absolute Gasteiger partial charge is 0.215 e. The lowest BCUT2D eigenvalue weighted by atomic mass is 10.0. The van der Waals surface area contributed by atoms with Gasteiger partial charge in [0.15, 0.2) is 5.82 Å². The minimum absolute atomic E-state index is 0.665. The molecule has 0 unspecified atom stereocenters. The summed E-state index contributed by atoms with van der Waals surface area (Å²) in [6.45, 7) is 4.73. The number of aromatic nitrogens is 5. The number of H-pyrrole nitrogens is 1. The van der Waals surface area contributed by atoms with Crippen molar-refractivity contribution >= 4 is 29.3 Å². The fraction of sp³-hybridized carbons (Fsp3) is 0.182.